The molecular formula is C11H21N3O. The third kappa shape index (κ3) is 2.92. The lowest BCUT2D eigenvalue weighted by Crippen LogP contribution is -2.50. The van der Waals surface area contributed by atoms with Crippen molar-refractivity contribution in [1.29, 1.82) is 0 Å². The van der Waals surface area contributed by atoms with Gasteiger partial charge in [0.25, 0.3) is 0 Å². The van der Waals surface area contributed by atoms with Gasteiger partial charge in [-0.25, -0.2) is 0 Å². The molecule has 2 saturated heterocycles. The second kappa shape index (κ2) is 4.94. The summed E-state index contributed by atoms with van der Waals surface area (Å²) in [6, 6.07) is 0.281. The maximum Gasteiger partial charge on any atom is 0.221 e. The van der Waals surface area contributed by atoms with Gasteiger partial charge in [-0.3, -0.25) is 9.69 Å². The van der Waals surface area contributed by atoms with E-state index in [9.17, 15) is 4.79 Å². The summed E-state index contributed by atoms with van der Waals surface area (Å²) in [6.45, 7) is 5.08. The van der Waals surface area contributed by atoms with Gasteiger partial charge in [-0.1, -0.05) is 0 Å². The van der Waals surface area contributed by atoms with E-state index in [-0.39, 0.29) is 11.9 Å². The fraction of sp³-hybridized carbons (Fsp3) is 0.909. The SMILES string of the molecule is CC1CN(C2CCCCN2)CCC(=O)N1. The highest BCUT2D eigenvalue weighted by Crippen LogP contribution is 2.13. The van der Waals surface area contributed by atoms with Crippen LogP contribution >= 0.6 is 0 Å². The predicted molar refractivity (Wildman–Crippen MR) is 59.4 cm³/mol. The van der Waals surface area contributed by atoms with Crippen LogP contribution in [-0.2, 0) is 4.79 Å². The largest absolute Gasteiger partial charge is 0.352 e. The maximum absolute atomic E-state index is 11.4. The number of rotatable bonds is 1. The van der Waals surface area contributed by atoms with E-state index in [2.05, 4.69) is 22.5 Å². The molecule has 0 aliphatic carbocycles. The summed E-state index contributed by atoms with van der Waals surface area (Å²) >= 11 is 0. The second-order valence-corrected chi connectivity index (χ2v) is 4.68. The number of carbonyl (C=O) groups is 1. The lowest BCUT2D eigenvalue weighted by atomic mass is 10.1. The molecule has 1 amide bonds. The van der Waals surface area contributed by atoms with E-state index in [0.717, 1.165) is 19.6 Å². The molecule has 0 aromatic heterocycles. The van der Waals surface area contributed by atoms with E-state index < -0.39 is 0 Å². The molecule has 0 aromatic carbocycles. The molecule has 2 heterocycles. The van der Waals surface area contributed by atoms with Crippen LogP contribution in [0.1, 0.15) is 32.6 Å². The van der Waals surface area contributed by atoms with Crippen LogP contribution in [-0.4, -0.2) is 42.6 Å². The number of nitrogens with zero attached hydrogens (tertiary/aromatic N) is 1. The quantitative estimate of drug-likeness (QED) is 0.655. The van der Waals surface area contributed by atoms with Crippen LogP contribution < -0.4 is 10.6 Å². The zero-order valence-electron chi connectivity index (χ0n) is 9.46. The monoisotopic (exact) mass is 211 g/mol. The highest BCUT2D eigenvalue weighted by atomic mass is 16.1. The topological polar surface area (TPSA) is 44.4 Å². The molecule has 0 saturated carbocycles. The van der Waals surface area contributed by atoms with Gasteiger partial charge in [-0.2, -0.15) is 0 Å². The Hall–Kier alpha value is -0.610. The average molecular weight is 211 g/mol. The van der Waals surface area contributed by atoms with Gasteiger partial charge in [0, 0.05) is 25.6 Å². The number of piperidine rings is 1. The van der Waals surface area contributed by atoms with Gasteiger partial charge in [0.2, 0.25) is 5.91 Å². The molecular weight excluding hydrogens is 190 g/mol. The molecule has 15 heavy (non-hydrogen) atoms. The van der Waals surface area contributed by atoms with Gasteiger partial charge >= 0.3 is 0 Å². The molecule has 0 aromatic rings. The van der Waals surface area contributed by atoms with Crippen LogP contribution in [0.15, 0.2) is 0 Å². The van der Waals surface area contributed by atoms with Crippen LogP contribution in [0, 0.1) is 0 Å². The van der Waals surface area contributed by atoms with Crippen LogP contribution in [0.25, 0.3) is 0 Å². The summed E-state index contributed by atoms with van der Waals surface area (Å²) in [5, 5.41) is 6.54. The summed E-state index contributed by atoms with van der Waals surface area (Å²) in [6.07, 6.45) is 4.96. The normalized spacial score (nSPS) is 34.6. The number of hydrogen-bond donors (Lipinski definition) is 2. The third-order valence-electron chi connectivity index (χ3n) is 3.27. The number of carbonyl (C=O) groups excluding carboxylic acids is 1. The van der Waals surface area contributed by atoms with Crippen molar-refractivity contribution in [3.8, 4) is 0 Å². The van der Waals surface area contributed by atoms with Crippen molar-refractivity contribution < 1.29 is 4.79 Å². The number of hydrogen-bond acceptors (Lipinski definition) is 3. The van der Waals surface area contributed by atoms with E-state index in [1.165, 1.54) is 19.3 Å². The van der Waals surface area contributed by atoms with Crippen LogP contribution in [0.2, 0.25) is 0 Å². The zero-order chi connectivity index (χ0) is 10.7. The Morgan fingerprint density at radius 3 is 3.00 bits per heavy atom. The summed E-state index contributed by atoms with van der Waals surface area (Å²) in [5.74, 6) is 0.195. The van der Waals surface area contributed by atoms with Crippen molar-refractivity contribution in [3.05, 3.63) is 0 Å². The van der Waals surface area contributed by atoms with Gasteiger partial charge in [-0.05, 0) is 32.7 Å². The zero-order valence-corrected chi connectivity index (χ0v) is 9.46. The summed E-state index contributed by atoms with van der Waals surface area (Å²) in [7, 11) is 0. The lowest BCUT2D eigenvalue weighted by Gasteiger charge is -2.34. The molecule has 0 bridgehead atoms. The fourth-order valence-corrected chi connectivity index (χ4v) is 2.51. The van der Waals surface area contributed by atoms with Crippen LogP contribution in [0.3, 0.4) is 0 Å². The second-order valence-electron chi connectivity index (χ2n) is 4.68. The molecule has 4 heteroatoms. The molecule has 2 aliphatic heterocycles. The summed E-state index contributed by atoms with van der Waals surface area (Å²) in [5.41, 5.74) is 0. The van der Waals surface area contributed by atoms with Crippen molar-refractivity contribution in [2.75, 3.05) is 19.6 Å². The summed E-state index contributed by atoms with van der Waals surface area (Å²) in [4.78, 5) is 13.8. The van der Waals surface area contributed by atoms with Gasteiger partial charge < -0.3 is 10.6 Å². The van der Waals surface area contributed by atoms with Crippen molar-refractivity contribution in [2.45, 2.75) is 44.8 Å². The third-order valence-corrected chi connectivity index (χ3v) is 3.27. The first-order chi connectivity index (χ1) is 7.25. The van der Waals surface area contributed by atoms with Crippen molar-refractivity contribution in [1.82, 2.24) is 15.5 Å². The van der Waals surface area contributed by atoms with Crippen molar-refractivity contribution >= 4 is 5.91 Å². The maximum atomic E-state index is 11.4. The molecule has 2 fully saturated rings. The minimum atomic E-state index is 0.195. The van der Waals surface area contributed by atoms with E-state index in [0.29, 0.717) is 12.6 Å². The van der Waals surface area contributed by atoms with Gasteiger partial charge in [0.1, 0.15) is 0 Å². The van der Waals surface area contributed by atoms with E-state index >= 15 is 0 Å². The Kier molecular flexibility index (Phi) is 3.59. The highest BCUT2D eigenvalue weighted by Gasteiger charge is 2.25. The van der Waals surface area contributed by atoms with E-state index in [1.807, 2.05) is 0 Å². The minimum absolute atomic E-state index is 0.195. The Morgan fingerprint density at radius 2 is 2.27 bits per heavy atom. The Balaban J connectivity index is 1.92. The van der Waals surface area contributed by atoms with Gasteiger partial charge in [0.05, 0.1) is 6.17 Å². The average Bonchev–Trinajstić information content (AvgIpc) is 2.41. The van der Waals surface area contributed by atoms with E-state index in [4.69, 9.17) is 0 Å². The Morgan fingerprint density at radius 1 is 1.40 bits per heavy atom. The van der Waals surface area contributed by atoms with Crippen molar-refractivity contribution in [2.24, 2.45) is 0 Å². The Bertz CT molecular complexity index is 226. The lowest BCUT2D eigenvalue weighted by molar-refractivity contribution is -0.121. The summed E-state index contributed by atoms with van der Waals surface area (Å²) < 4.78 is 0. The molecule has 0 radical (unpaired) electrons. The standard InChI is InChI=1S/C11H21N3O/c1-9-8-14(7-5-11(15)13-9)10-4-2-3-6-12-10/h9-10,12H,2-8H2,1H3,(H,13,15). The minimum Gasteiger partial charge on any atom is -0.352 e. The van der Waals surface area contributed by atoms with E-state index in [1.54, 1.807) is 0 Å². The van der Waals surface area contributed by atoms with Gasteiger partial charge in [0.15, 0.2) is 0 Å². The fourth-order valence-electron chi connectivity index (χ4n) is 2.51. The molecule has 2 atom stereocenters. The molecule has 2 unspecified atom stereocenters. The first kappa shape index (κ1) is 10.9. The number of nitrogens with one attached hydrogen (secondary N) is 2. The molecule has 2 aliphatic rings. The van der Waals surface area contributed by atoms with Crippen LogP contribution in [0.4, 0.5) is 0 Å². The molecule has 2 N–H and O–H groups in total. The Labute approximate surface area is 91.4 Å². The smallest absolute Gasteiger partial charge is 0.221 e. The molecule has 4 nitrogen and oxygen atoms in total. The predicted octanol–water partition coefficient (Wildman–Crippen LogP) is 0.296. The highest BCUT2D eigenvalue weighted by molar-refractivity contribution is 5.76. The first-order valence-electron chi connectivity index (χ1n) is 6.02. The van der Waals surface area contributed by atoms with Crippen molar-refractivity contribution in [3.63, 3.8) is 0 Å². The molecule has 86 valence electrons. The molecule has 0 spiro atoms. The molecule has 2 rings (SSSR count). The van der Waals surface area contributed by atoms with Crippen LogP contribution in [0.5, 0.6) is 0 Å². The first-order valence-corrected chi connectivity index (χ1v) is 6.02. The number of amides is 1. The van der Waals surface area contributed by atoms with Gasteiger partial charge in [-0.15, -0.1) is 0 Å².